The highest BCUT2D eigenvalue weighted by molar-refractivity contribution is 7.91. The van der Waals surface area contributed by atoms with Gasteiger partial charge in [-0.1, -0.05) is 13.0 Å². The quantitative estimate of drug-likeness (QED) is 0.873. The Labute approximate surface area is 112 Å². The third kappa shape index (κ3) is 3.35. The predicted octanol–water partition coefficient (Wildman–Crippen LogP) is 1.79. The third-order valence-electron chi connectivity index (χ3n) is 2.90. The van der Waals surface area contributed by atoms with Crippen molar-refractivity contribution in [3.8, 4) is 5.75 Å². The molecule has 19 heavy (non-hydrogen) atoms. The number of rotatable bonds is 5. The Morgan fingerprint density at radius 2 is 2.11 bits per heavy atom. The van der Waals surface area contributed by atoms with E-state index in [1.54, 1.807) is 31.3 Å². The molecule has 0 saturated carbocycles. The Bertz CT molecular complexity index is 683. The van der Waals surface area contributed by atoms with Crippen molar-refractivity contribution >= 4 is 26.4 Å². The van der Waals surface area contributed by atoms with E-state index in [0.717, 1.165) is 10.8 Å². The maximum Gasteiger partial charge on any atom is 0.151 e. The molecule has 0 fully saturated rings. The van der Waals surface area contributed by atoms with Gasteiger partial charge in [0.05, 0.1) is 5.75 Å². The summed E-state index contributed by atoms with van der Waals surface area (Å²) in [6, 6.07) is 6.84. The monoisotopic (exact) mass is 280 g/mol. The van der Waals surface area contributed by atoms with Crippen LogP contribution in [0.5, 0.6) is 5.75 Å². The Balaban J connectivity index is 2.19. The summed E-state index contributed by atoms with van der Waals surface area (Å²) in [4.78, 5) is 4.18. The molecule has 0 unspecified atom stereocenters. The van der Waals surface area contributed by atoms with Gasteiger partial charge in [0.15, 0.2) is 9.84 Å². The number of hydrogen-bond donors (Lipinski definition) is 2. The summed E-state index contributed by atoms with van der Waals surface area (Å²) in [7, 11) is -2.99. The highest BCUT2D eigenvalue weighted by atomic mass is 32.2. The molecular weight excluding hydrogens is 264 g/mol. The molecule has 0 saturated heterocycles. The lowest BCUT2D eigenvalue weighted by atomic mass is 10.1. The van der Waals surface area contributed by atoms with Gasteiger partial charge in [0.1, 0.15) is 11.6 Å². The fourth-order valence-electron chi connectivity index (χ4n) is 1.77. The van der Waals surface area contributed by atoms with E-state index < -0.39 is 9.84 Å². The average Bonchev–Trinajstić information content (AvgIpc) is 2.39. The molecule has 2 N–H and O–H groups in total. The van der Waals surface area contributed by atoms with Crippen LogP contribution in [0.3, 0.4) is 0 Å². The van der Waals surface area contributed by atoms with Crippen molar-refractivity contribution in [2.45, 2.75) is 6.92 Å². The van der Waals surface area contributed by atoms with E-state index in [9.17, 15) is 13.5 Å². The number of phenols is 1. The van der Waals surface area contributed by atoms with Gasteiger partial charge in [0.2, 0.25) is 0 Å². The average molecular weight is 280 g/mol. The predicted molar refractivity (Wildman–Crippen MR) is 76.2 cm³/mol. The van der Waals surface area contributed by atoms with E-state index in [1.165, 1.54) is 0 Å². The summed E-state index contributed by atoms with van der Waals surface area (Å²) < 4.78 is 22.8. The zero-order valence-electron chi connectivity index (χ0n) is 10.6. The molecular formula is C13H16N2O3S. The maximum atomic E-state index is 11.4. The second-order valence-electron chi connectivity index (χ2n) is 4.23. The van der Waals surface area contributed by atoms with Crippen LogP contribution < -0.4 is 5.32 Å². The van der Waals surface area contributed by atoms with Crippen molar-refractivity contribution in [3.63, 3.8) is 0 Å². The van der Waals surface area contributed by atoms with Crippen LogP contribution in [0.25, 0.3) is 10.8 Å². The molecule has 0 aliphatic rings. The van der Waals surface area contributed by atoms with Gasteiger partial charge in [-0.05, 0) is 23.6 Å². The minimum Gasteiger partial charge on any atom is -0.508 e. The highest BCUT2D eigenvalue weighted by Gasteiger charge is 2.08. The molecule has 5 nitrogen and oxygen atoms in total. The molecule has 0 aliphatic carbocycles. The van der Waals surface area contributed by atoms with E-state index in [0.29, 0.717) is 12.4 Å². The maximum absolute atomic E-state index is 11.4. The van der Waals surface area contributed by atoms with Gasteiger partial charge in [-0.3, -0.25) is 0 Å². The SMILES string of the molecule is CCS(=O)(=O)CCNc1nccc2ccc(O)cc12. The minimum absolute atomic E-state index is 0.0698. The second kappa shape index (κ2) is 5.44. The summed E-state index contributed by atoms with van der Waals surface area (Å²) in [5.74, 6) is 0.947. The second-order valence-corrected chi connectivity index (χ2v) is 6.70. The Morgan fingerprint density at radius 1 is 1.32 bits per heavy atom. The number of nitrogens with zero attached hydrogens (tertiary/aromatic N) is 1. The van der Waals surface area contributed by atoms with Crippen LogP contribution in [0.4, 0.5) is 5.82 Å². The number of pyridine rings is 1. The van der Waals surface area contributed by atoms with Crippen molar-refractivity contribution in [3.05, 3.63) is 30.5 Å². The first-order chi connectivity index (χ1) is 9.02. The molecule has 0 radical (unpaired) electrons. The van der Waals surface area contributed by atoms with Crippen molar-refractivity contribution in [1.29, 1.82) is 0 Å². The lowest BCUT2D eigenvalue weighted by Crippen LogP contribution is -2.17. The van der Waals surface area contributed by atoms with Crippen molar-refractivity contribution in [2.24, 2.45) is 0 Å². The first-order valence-electron chi connectivity index (χ1n) is 6.04. The van der Waals surface area contributed by atoms with E-state index in [4.69, 9.17) is 0 Å². The van der Waals surface area contributed by atoms with Gasteiger partial charge in [0, 0.05) is 23.9 Å². The molecule has 0 spiro atoms. The first kappa shape index (κ1) is 13.6. The smallest absolute Gasteiger partial charge is 0.151 e. The Hall–Kier alpha value is -1.82. The lowest BCUT2D eigenvalue weighted by Gasteiger charge is -2.09. The van der Waals surface area contributed by atoms with Gasteiger partial charge < -0.3 is 10.4 Å². The van der Waals surface area contributed by atoms with Crippen molar-refractivity contribution in [2.75, 3.05) is 23.4 Å². The summed E-state index contributed by atoms with van der Waals surface area (Å²) in [6.07, 6.45) is 1.65. The Morgan fingerprint density at radius 3 is 2.84 bits per heavy atom. The van der Waals surface area contributed by atoms with E-state index >= 15 is 0 Å². The summed E-state index contributed by atoms with van der Waals surface area (Å²) in [5, 5.41) is 14.2. The van der Waals surface area contributed by atoms with E-state index in [2.05, 4.69) is 10.3 Å². The van der Waals surface area contributed by atoms with Crippen LogP contribution in [0.2, 0.25) is 0 Å². The number of nitrogens with one attached hydrogen (secondary N) is 1. The number of aromatic nitrogens is 1. The fourth-order valence-corrected chi connectivity index (χ4v) is 2.47. The number of benzene rings is 1. The molecule has 1 heterocycles. The van der Waals surface area contributed by atoms with E-state index in [-0.39, 0.29) is 17.3 Å². The number of anilines is 1. The summed E-state index contributed by atoms with van der Waals surface area (Å²) in [5.41, 5.74) is 0. The zero-order chi connectivity index (χ0) is 13.9. The number of sulfone groups is 1. The molecule has 6 heteroatoms. The zero-order valence-corrected chi connectivity index (χ0v) is 11.4. The van der Waals surface area contributed by atoms with Crippen LogP contribution in [0.1, 0.15) is 6.92 Å². The molecule has 102 valence electrons. The van der Waals surface area contributed by atoms with Gasteiger partial charge in [-0.25, -0.2) is 13.4 Å². The van der Waals surface area contributed by atoms with Gasteiger partial charge >= 0.3 is 0 Å². The van der Waals surface area contributed by atoms with Gasteiger partial charge in [-0.2, -0.15) is 0 Å². The molecule has 0 bridgehead atoms. The lowest BCUT2D eigenvalue weighted by molar-refractivity contribution is 0.476. The molecule has 0 amide bonds. The number of aromatic hydroxyl groups is 1. The van der Waals surface area contributed by atoms with E-state index in [1.807, 2.05) is 6.07 Å². The van der Waals surface area contributed by atoms with Gasteiger partial charge in [0.25, 0.3) is 0 Å². The molecule has 2 aromatic rings. The summed E-state index contributed by atoms with van der Waals surface area (Å²) >= 11 is 0. The number of fused-ring (bicyclic) bond motifs is 1. The normalized spacial score (nSPS) is 11.6. The first-order valence-corrected chi connectivity index (χ1v) is 7.86. The van der Waals surface area contributed by atoms with Crippen LogP contribution in [-0.2, 0) is 9.84 Å². The van der Waals surface area contributed by atoms with Crippen LogP contribution in [0, 0.1) is 0 Å². The largest absolute Gasteiger partial charge is 0.508 e. The standard InChI is InChI=1S/C13H16N2O3S/c1-2-19(17,18)8-7-15-13-12-9-11(16)4-3-10(12)5-6-14-13/h3-6,9,16H,2,7-8H2,1H3,(H,14,15). The molecule has 1 aromatic heterocycles. The van der Waals surface area contributed by atoms with Crippen LogP contribution in [-0.4, -0.2) is 36.6 Å². The number of phenolic OH excluding ortho intramolecular Hbond substituents is 1. The third-order valence-corrected chi connectivity index (χ3v) is 4.60. The topological polar surface area (TPSA) is 79.3 Å². The van der Waals surface area contributed by atoms with Crippen LogP contribution >= 0.6 is 0 Å². The minimum atomic E-state index is -2.99. The molecule has 0 atom stereocenters. The number of hydrogen-bond acceptors (Lipinski definition) is 5. The van der Waals surface area contributed by atoms with Gasteiger partial charge in [-0.15, -0.1) is 0 Å². The van der Waals surface area contributed by atoms with Crippen molar-refractivity contribution in [1.82, 2.24) is 4.98 Å². The Kier molecular flexibility index (Phi) is 3.90. The summed E-state index contributed by atoms with van der Waals surface area (Å²) in [6.45, 7) is 1.93. The molecule has 1 aromatic carbocycles. The molecule has 2 rings (SSSR count). The van der Waals surface area contributed by atoms with Crippen LogP contribution in [0.15, 0.2) is 30.5 Å². The fraction of sp³-hybridized carbons (Fsp3) is 0.308. The highest BCUT2D eigenvalue weighted by Crippen LogP contribution is 2.24. The van der Waals surface area contributed by atoms with Crippen molar-refractivity contribution < 1.29 is 13.5 Å². The molecule has 0 aliphatic heterocycles.